The molecule has 37 heavy (non-hydrogen) atoms. The molecule has 0 bridgehead atoms. The SMILES string of the molecule is COC(=O)c1ccc([C@@H]2C[C@@H](OC)CC[C@H]2Oc2c(F)cc(C)c3c2ccn3C(=O)OC(C)(C)C)cc1. The molecule has 0 spiro atoms. The average Bonchev–Trinajstić information content (AvgIpc) is 3.31. The molecule has 0 unspecified atom stereocenters. The Morgan fingerprint density at radius 3 is 2.38 bits per heavy atom. The summed E-state index contributed by atoms with van der Waals surface area (Å²) in [7, 11) is 3.03. The molecule has 1 aromatic heterocycles. The first-order valence-electron chi connectivity index (χ1n) is 12.4. The van der Waals surface area contributed by atoms with E-state index in [1.807, 2.05) is 12.1 Å². The third kappa shape index (κ3) is 5.64. The zero-order chi connectivity index (χ0) is 26.9. The molecule has 1 aliphatic rings. The van der Waals surface area contributed by atoms with Gasteiger partial charge in [-0.2, -0.15) is 0 Å². The maximum absolute atomic E-state index is 15.3. The molecule has 1 saturated carbocycles. The lowest BCUT2D eigenvalue weighted by molar-refractivity contribution is 0.0184. The standard InChI is InChI=1S/C29H34FNO6/c1-17-15-23(30)26(21-13-14-31(25(17)21)28(33)37-29(2,3)4)36-24-12-11-20(34-5)16-22(24)18-7-9-19(10-8-18)27(32)35-6/h7-10,13-15,20,22,24H,11-12,16H2,1-6H3/t20-,22-,24+/m0/s1. The van der Waals surface area contributed by atoms with E-state index in [9.17, 15) is 9.59 Å². The van der Waals surface area contributed by atoms with Crippen molar-refractivity contribution in [2.24, 2.45) is 0 Å². The normalized spacial score (nSPS) is 20.0. The van der Waals surface area contributed by atoms with Gasteiger partial charge in [-0.05, 0) is 82.3 Å². The molecule has 198 valence electrons. The fourth-order valence-corrected chi connectivity index (χ4v) is 5.00. The minimum atomic E-state index is -0.669. The molecular formula is C29H34FNO6. The monoisotopic (exact) mass is 511 g/mol. The molecule has 1 heterocycles. The number of halogens is 1. The number of carbonyl (C=O) groups is 2. The van der Waals surface area contributed by atoms with Gasteiger partial charge in [-0.15, -0.1) is 0 Å². The van der Waals surface area contributed by atoms with Crippen LogP contribution >= 0.6 is 0 Å². The summed E-state index contributed by atoms with van der Waals surface area (Å²) >= 11 is 0. The molecule has 0 amide bonds. The number of fused-ring (bicyclic) bond motifs is 1. The number of carbonyl (C=O) groups excluding carboxylic acids is 2. The first-order valence-corrected chi connectivity index (χ1v) is 12.4. The largest absolute Gasteiger partial charge is 0.486 e. The van der Waals surface area contributed by atoms with Crippen LogP contribution in [-0.4, -0.2) is 48.7 Å². The smallest absolute Gasteiger partial charge is 0.419 e. The van der Waals surface area contributed by atoms with Crippen LogP contribution in [0.1, 0.15) is 67.4 Å². The Kier molecular flexibility index (Phi) is 7.59. The van der Waals surface area contributed by atoms with Gasteiger partial charge in [0.2, 0.25) is 0 Å². The molecule has 4 rings (SSSR count). The third-order valence-electron chi connectivity index (χ3n) is 6.76. The van der Waals surface area contributed by atoms with Gasteiger partial charge in [0.05, 0.1) is 24.3 Å². The number of aromatic nitrogens is 1. The van der Waals surface area contributed by atoms with Crippen molar-refractivity contribution in [3.63, 3.8) is 0 Å². The number of benzene rings is 2. The first-order chi connectivity index (χ1) is 17.5. The molecule has 0 N–H and O–H groups in total. The Hall–Kier alpha value is -3.39. The van der Waals surface area contributed by atoms with Gasteiger partial charge in [-0.3, -0.25) is 4.57 Å². The van der Waals surface area contributed by atoms with Gasteiger partial charge < -0.3 is 18.9 Å². The number of hydrogen-bond donors (Lipinski definition) is 0. The average molecular weight is 512 g/mol. The minimum absolute atomic E-state index is 0.0428. The van der Waals surface area contributed by atoms with E-state index < -0.39 is 23.5 Å². The van der Waals surface area contributed by atoms with E-state index in [0.717, 1.165) is 12.0 Å². The van der Waals surface area contributed by atoms with Crippen molar-refractivity contribution < 1.29 is 32.9 Å². The van der Waals surface area contributed by atoms with Gasteiger partial charge in [0, 0.05) is 24.6 Å². The van der Waals surface area contributed by atoms with Gasteiger partial charge in [0.15, 0.2) is 11.6 Å². The maximum atomic E-state index is 15.3. The van der Waals surface area contributed by atoms with Crippen LogP contribution in [0.4, 0.5) is 9.18 Å². The van der Waals surface area contributed by atoms with Crippen LogP contribution < -0.4 is 4.74 Å². The molecule has 8 heteroatoms. The number of aryl methyl sites for hydroxylation is 1. The van der Waals surface area contributed by atoms with Crippen molar-refractivity contribution in [3.05, 3.63) is 65.1 Å². The van der Waals surface area contributed by atoms with E-state index in [1.54, 1.807) is 59.2 Å². The lowest BCUT2D eigenvalue weighted by Gasteiger charge is -2.36. The molecule has 7 nitrogen and oxygen atoms in total. The summed E-state index contributed by atoms with van der Waals surface area (Å²) in [4.78, 5) is 24.7. The van der Waals surface area contributed by atoms with Gasteiger partial charge in [0.25, 0.3) is 0 Å². The molecule has 1 aliphatic carbocycles. The minimum Gasteiger partial charge on any atom is -0.486 e. The van der Waals surface area contributed by atoms with Gasteiger partial charge in [-0.25, -0.2) is 14.0 Å². The second-order valence-electron chi connectivity index (χ2n) is 10.5. The Bertz CT molecular complexity index is 1290. The van der Waals surface area contributed by atoms with E-state index in [2.05, 4.69) is 0 Å². The highest BCUT2D eigenvalue weighted by Crippen LogP contribution is 2.40. The van der Waals surface area contributed by atoms with Crippen LogP contribution in [0.5, 0.6) is 5.75 Å². The molecule has 2 aromatic carbocycles. The predicted molar refractivity (Wildman–Crippen MR) is 138 cm³/mol. The van der Waals surface area contributed by atoms with Crippen LogP contribution in [0.3, 0.4) is 0 Å². The zero-order valence-electron chi connectivity index (χ0n) is 22.2. The van der Waals surface area contributed by atoms with Crippen molar-refractivity contribution in [3.8, 4) is 5.75 Å². The molecular weight excluding hydrogens is 477 g/mol. The van der Waals surface area contributed by atoms with E-state index in [1.165, 1.54) is 17.7 Å². The van der Waals surface area contributed by atoms with E-state index in [-0.39, 0.29) is 23.9 Å². The number of esters is 1. The topological polar surface area (TPSA) is 76.0 Å². The van der Waals surface area contributed by atoms with Crippen molar-refractivity contribution in [2.75, 3.05) is 14.2 Å². The van der Waals surface area contributed by atoms with E-state index in [4.69, 9.17) is 18.9 Å². The number of methoxy groups -OCH3 is 2. The van der Waals surface area contributed by atoms with Crippen molar-refractivity contribution >= 4 is 23.0 Å². The molecule has 3 atom stereocenters. The van der Waals surface area contributed by atoms with Crippen molar-refractivity contribution in [2.45, 2.75) is 70.7 Å². The summed E-state index contributed by atoms with van der Waals surface area (Å²) in [6, 6.07) is 10.3. The Morgan fingerprint density at radius 1 is 1.05 bits per heavy atom. The maximum Gasteiger partial charge on any atom is 0.419 e. The zero-order valence-corrected chi connectivity index (χ0v) is 22.2. The summed E-state index contributed by atoms with van der Waals surface area (Å²) in [5.74, 6) is -0.869. The molecule has 0 radical (unpaired) electrons. The summed E-state index contributed by atoms with van der Waals surface area (Å²) in [5.41, 5.74) is 1.91. The van der Waals surface area contributed by atoms with Gasteiger partial charge >= 0.3 is 12.1 Å². The Labute approximate surface area is 216 Å². The Morgan fingerprint density at radius 2 is 1.76 bits per heavy atom. The highest BCUT2D eigenvalue weighted by Gasteiger charge is 2.35. The fourth-order valence-electron chi connectivity index (χ4n) is 5.00. The van der Waals surface area contributed by atoms with Crippen LogP contribution in [0, 0.1) is 12.7 Å². The number of ether oxygens (including phenoxy) is 4. The number of rotatable bonds is 5. The van der Waals surface area contributed by atoms with Crippen LogP contribution in [0.2, 0.25) is 0 Å². The van der Waals surface area contributed by atoms with Crippen LogP contribution in [-0.2, 0) is 14.2 Å². The summed E-state index contributed by atoms with van der Waals surface area (Å²) in [6.07, 6.45) is 2.88. The first kappa shape index (κ1) is 26.7. The number of hydrogen-bond acceptors (Lipinski definition) is 6. The van der Waals surface area contributed by atoms with E-state index in [0.29, 0.717) is 34.9 Å². The summed E-state index contributed by atoms with van der Waals surface area (Å²) in [5, 5.41) is 0.511. The lowest BCUT2D eigenvalue weighted by atomic mass is 9.80. The molecule has 0 saturated heterocycles. The van der Waals surface area contributed by atoms with E-state index >= 15 is 4.39 Å². The van der Waals surface area contributed by atoms with Crippen LogP contribution in [0.25, 0.3) is 10.9 Å². The second kappa shape index (κ2) is 10.5. The summed E-state index contributed by atoms with van der Waals surface area (Å²) < 4.78 is 39.1. The fraction of sp³-hybridized carbons (Fsp3) is 0.448. The lowest BCUT2D eigenvalue weighted by Crippen LogP contribution is -2.35. The van der Waals surface area contributed by atoms with Crippen molar-refractivity contribution in [1.29, 1.82) is 0 Å². The third-order valence-corrected chi connectivity index (χ3v) is 6.76. The second-order valence-corrected chi connectivity index (χ2v) is 10.5. The van der Waals surface area contributed by atoms with Crippen LogP contribution in [0.15, 0.2) is 42.6 Å². The highest BCUT2D eigenvalue weighted by atomic mass is 19.1. The number of nitrogens with zero attached hydrogens (tertiary/aromatic N) is 1. The van der Waals surface area contributed by atoms with Gasteiger partial charge in [0.1, 0.15) is 11.7 Å². The molecule has 1 fully saturated rings. The Balaban J connectivity index is 1.69. The van der Waals surface area contributed by atoms with Crippen molar-refractivity contribution in [1.82, 2.24) is 4.57 Å². The molecule has 0 aliphatic heterocycles. The summed E-state index contributed by atoms with van der Waals surface area (Å²) in [6.45, 7) is 7.15. The molecule has 3 aromatic rings. The van der Waals surface area contributed by atoms with Gasteiger partial charge in [-0.1, -0.05) is 12.1 Å². The highest BCUT2D eigenvalue weighted by molar-refractivity contribution is 5.95. The quantitative estimate of drug-likeness (QED) is 0.370. The predicted octanol–water partition coefficient (Wildman–Crippen LogP) is 6.39.